The number of aryl methyl sites for hydroxylation is 1. The second-order valence-corrected chi connectivity index (χ2v) is 6.56. The number of hydrogen-bond acceptors (Lipinski definition) is 4. The zero-order valence-electron chi connectivity index (χ0n) is 16.4. The number of nitrogens with zero attached hydrogens (tertiary/aromatic N) is 1. The number of ether oxygens (including phenoxy) is 1. The first-order valence-electron chi connectivity index (χ1n) is 9.39. The van der Waals surface area contributed by atoms with Crippen LogP contribution in [0.4, 0.5) is 11.4 Å². The molecule has 2 amide bonds. The topological polar surface area (TPSA) is 80.3 Å². The van der Waals surface area contributed by atoms with Crippen molar-refractivity contribution in [2.75, 3.05) is 10.6 Å². The molecule has 0 saturated heterocycles. The summed E-state index contributed by atoms with van der Waals surface area (Å²) in [6.45, 7) is 4.06. The van der Waals surface area contributed by atoms with Crippen LogP contribution in [0, 0.1) is 6.92 Å². The SMILES string of the molecule is CCC(=O)Nc1ccc(C)c(NC(=O)c2cccc(OCc3cccnc3)c2)c1. The summed E-state index contributed by atoms with van der Waals surface area (Å²) in [6, 6.07) is 16.2. The van der Waals surface area contributed by atoms with Crippen molar-refractivity contribution >= 4 is 23.2 Å². The number of hydrogen-bond donors (Lipinski definition) is 2. The van der Waals surface area contributed by atoms with Gasteiger partial charge >= 0.3 is 0 Å². The van der Waals surface area contributed by atoms with Gasteiger partial charge in [-0.25, -0.2) is 0 Å². The highest BCUT2D eigenvalue weighted by molar-refractivity contribution is 6.05. The van der Waals surface area contributed by atoms with Gasteiger partial charge in [-0.05, 0) is 48.9 Å². The van der Waals surface area contributed by atoms with Crippen molar-refractivity contribution in [1.82, 2.24) is 4.98 Å². The molecule has 0 aliphatic heterocycles. The minimum Gasteiger partial charge on any atom is -0.489 e. The Morgan fingerprint density at radius 2 is 1.90 bits per heavy atom. The van der Waals surface area contributed by atoms with Gasteiger partial charge in [0.15, 0.2) is 0 Å². The number of benzene rings is 2. The first kappa shape index (κ1) is 20.1. The van der Waals surface area contributed by atoms with E-state index in [4.69, 9.17) is 4.74 Å². The van der Waals surface area contributed by atoms with Crippen molar-refractivity contribution in [2.24, 2.45) is 0 Å². The van der Waals surface area contributed by atoms with Gasteiger partial charge in [-0.15, -0.1) is 0 Å². The van der Waals surface area contributed by atoms with E-state index < -0.39 is 0 Å². The van der Waals surface area contributed by atoms with Gasteiger partial charge in [0.25, 0.3) is 5.91 Å². The van der Waals surface area contributed by atoms with Gasteiger partial charge < -0.3 is 15.4 Å². The van der Waals surface area contributed by atoms with Crippen molar-refractivity contribution in [3.8, 4) is 5.75 Å². The molecule has 2 aromatic carbocycles. The molecule has 0 spiro atoms. The van der Waals surface area contributed by atoms with E-state index in [1.165, 1.54) is 0 Å². The third-order valence-corrected chi connectivity index (χ3v) is 4.32. The molecule has 0 fully saturated rings. The average Bonchev–Trinajstić information content (AvgIpc) is 2.75. The number of carbonyl (C=O) groups excluding carboxylic acids is 2. The van der Waals surface area contributed by atoms with Gasteiger partial charge in [-0.1, -0.05) is 25.1 Å². The maximum atomic E-state index is 12.7. The Bertz CT molecular complexity index is 1000. The molecule has 29 heavy (non-hydrogen) atoms. The molecule has 148 valence electrons. The van der Waals surface area contributed by atoms with Crippen molar-refractivity contribution in [3.05, 3.63) is 83.7 Å². The predicted octanol–water partition coefficient (Wildman–Crippen LogP) is 4.57. The molecule has 1 aromatic heterocycles. The van der Waals surface area contributed by atoms with Crippen LogP contribution in [0.2, 0.25) is 0 Å². The van der Waals surface area contributed by atoms with Crippen LogP contribution in [0.15, 0.2) is 67.0 Å². The summed E-state index contributed by atoms with van der Waals surface area (Å²) < 4.78 is 5.76. The molecule has 0 bridgehead atoms. The second-order valence-electron chi connectivity index (χ2n) is 6.56. The minimum atomic E-state index is -0.251. The lowest BCUT2D eigenvalue weighted by Crippen LogP contribution is -2.14. The summed E-state index contributed by atoms with van der Waals surface area (Å²) in [5.74, 6) is 0.269. The van der Waals surface area contributed by atoms with Crippen LogP contribution in [-0.4, -0.2) is 16.8 Å². The summed E-state index contributed by atoms with van der Waals surface area (Å²) >= 11 is 0. The lowest BCUT2D eigenvalue weighted by molar-refractivity contribution is -0.115. The molecule has 3 rings (SSSR count). The zero-order valence-corrected chi connectivity index (χ0v) is 16.4. The van der Waals surface area contributed by atoms with Gasteiger partial charge in [0.1, 0.15) is 12.4 Å². The normalized spacial score (nSPS) is 10.3. The molecule has 3 aromatic rings. The van der Waals surface area contributed by atoms with Gasteiger partial charge in [0.05, 0.1) is 0 Å². The number of anilines is 2. The quantitative estimate of drug-likeness (QED) is 0.620. The highest BCUT2D eigenvalue weighted by Gasteiger charge is 2.10. The average molecular weight is 389 g/mol. The number of pyridine rings is 1. The Labute approximate surface area is 169 Å². The van der Waals surface area contributed by atoms with E-state index in [9.17, 15) is 9.59 Å². The molecule has 2 N–H and O–H groups in total. The third-order valence-electron chi connectivity index (χ3n) is 4.32. The fourth-order valence-electron chi connectivity index (χ4n) is 2.66. The summed E-state index contributed by atoms with van der Waals surface area (Å²) in [5, 5.41) is 5.70. The van der Waals surface area contributed by atoms with Crippen LogP contribution in [0.25, 0.3) is 0 Å². The van der Waals surface area contributed by atoms with Gasteiger partial charge in [-0.3, -0.25) is 14.6 Å². The lowest BCUT2D eigenvalue weighted by Gasteiger charge is -2.12. The molecule has 0 aliphatic rings. The van der Waals surface area contributed by atoms with Gasteiger partial charge in [-0.2, -0.15) is 0 Å². The number of aromatic nitrogens is 1. The number of nitrogens with one attached hydrogen (secondary N) is 2. The highest BCUT2D eigenvalue weighted by atomic mass is 16.5. The molecule has 0 unspecified atom stereocenters. The molecule has 0 atom stereocenters. The zero-order chi connectivity index (χ0) is 20.6. The minimum absolute atomic E-state index is 0.0791. The number of carbonyl (C=O) groups is 2. The fourth-order valence-corrected chi connectivity index (χ4v) is 2.66. The Morgan fingerprint density at radius 1 is 1.03 bits per heavy atom. The molecule has 0 saturated carbocycles. The van der Waals surface area contributed by atoms with E-state index in [1.807, 2.05) is 31.2 Å². The monoisotopic (exact) mass is 389 g/mol. The number of amides is 2. The summed E-state index contributed by atoms with van der Waals surface area (Å²) in [6.07, 6.45) is 3.84. The van der Waals surface area contributed by atoms with Crippen molar-refractivity contribution in [1.29, 1.82) is 0 Å². The lowest BCUT2D eigenvalue weighted by atomic mass is 10.1. The third kappa shape index (κ3) is 5.65. The van der Waals surface area contributed by atoms with Crippen molar-refractivity contribution in [2.45, 2.75) is 26.9 Å². The first-order valence-corrected chi connectivity index (χ1v) is 9.39. The smallest absolute Gasteiger partial charge is 0.255 e. The Hall–Kier alpha value is -3.67. The molecule has 0 aliphatic carbocycles. The van der Waals surface area contributed by atoms with E-state index in [-0.39, 0.29) is 11.8 Å². The van der Waals surface area contributed by atoms with E-state index in [0.717, 1.165) is 11.1 Å². The van der Waals surface area contributed by atoms with Crippen molar-refractivity contribution < 1.29 is 14.3 Å². The second kappa shape index (κ2) is 9.50. The molecule has 6 nitrogen and oxygen atoms in total. The van der Waals surface area contributed by atoms with Crippen LogP contribution < -0.4 is 15.4 Å². The molecule has 1 heterocycles. The van der Waals surface area contributed by atoms with Crippen LogP contribution in [0.3, 0.4) is 0 Å². The largest absolute Gasteiger partial charge is 0.489 e. The molecular formula is C23H23N3O3. The van der Waals surface area contributed by atoms with Crippen LogP contribution in [-0.2, 0) is 11.4 Å². The number of rotatable bonds is 7. The summed E-state index contributed by atoms with van der Waals surface area (Å²) in [4.78, 5) is 28.4. The standard InChI is InChI=1S/C23H23N3O3/c1-3-22(27)25-19-10-9-16(2)21(13-19)26-23(28)18-7-4-8-20(12-18)29-15-17-6-5-11-24-14-17/h4-14H,3,15H2,1-2H3,(H,25,27)(H,26,28). The summed E-state index contributed by atoms with van der Waals surface area (Å²) in [7, 11) is 0. The highest BCUT2D eigenvalue weighted by Crippen LogP contribution is 2.22. The molecule has 0 radical (unpaired) electrons. The van der Waals surface area contributed by atoms with Crippen LogP contribution >= 0.6 is 0 Å². The van der Waals surface area contributed by atoms with Crippen LogP contribution in [0.5, 0.6) is 5.75 Å². The van der Waals surface area contributed by atoms with E-state index in [1.54, 1.807) is 49.6 Å². The van der Waals surface area contributed by atoms with Crippen LogP contribution in [0.1, 0.15) is 34.8 Å². The van der Waals surface area contributed by atoms with Gasteiger partial charge in [0, 0.05) is 41.3 Å². The Balaban J connectivity index is 1.69. The van der Waals surface area contributed by atoms with E-state index in [2.05, 4.69) is 15.6 Å². The Kier molecular flexibility index (Phi) is 6.58. The predicted molar refractivity (Wildman–Crippen MR) is 113 cm³/mol. The fraction of sp³-hybridized carbons (Fsp3) is 0.174. The molecular weight excluding hydrogens is 366 g/mol. The maximum Gasteiger partial charge on any atom is 0.255 e. The first-order chi connectivity index (χ1) is 14.0. The summed E-state index contributed by atoms with van der Waals surface area (Å²) in [5.41, 5.74) is 3.62. The van der Waals surface area contributed by atoms with E-state index >= 15 is 0 Å². The molecule has 6 heteroatoms. The van der Waals surface area contributed by atoms with Crippen molar-refractivity contribution in [3.63, 3.8) is 0 Å². The maximum absolute atomic E-state index is 12.7. The Morgan fingerprint density at radius 3 is 2.66 bits per heavy atom. The van der Waals surface area contributed by atoms with Gasteiger partial charge in [0.2, 0.25) is 5.91 Å². The van der Waals surface area contributed by atoms with E-state index in [0.29, 0.717) is 35.7 Å².